The number of benzene rings is 3. The predicted molar refractivity (Wildman–Crippen MR) is 126 cm³/mol. The second-order valence-corrected chi connectivity index (χ2v) is 8.43. The van der Waals surface area contributed by atoms with E-state index in [1.165, 1.54) is 4.90 Å². The Balaban J connectivity index is 1.48. The molecule has 0 N–H and O–H groups in total. The fourth-order valence-electron chi connectivity index (χ4n) is 4.24. The molecule has 3 amide bonds. The standard InChI is InChI=1S/C27H21N3O5/c1-17-2-7-20(8-3-17)26(32)29(15-19-6-11-23-24(12-19)35-16-34-23)22-13-25(31)30(27(22)33)21-9-4-18(14-28)5-10-21/h2-12,22H,13,15-16H2,1H3. The van der Waals surface area contributed by atoms with Crippen LogP contribution in [0, 0.1) is 18.3 Å². The van der Waals surface area contributed by atoms with Crippen molar-refractivity contribution in [1.29, 1.82) is 5.26 Å². The van der Waals surface area contributed by atoms with Gasteiger partial charge < -0.3 is 14.4 Å². The summed E-state index contributed by atoms with van der Waals surface area (Å²) in [5, 5.41) is 9.04. The van der Waals surface area contributed by atoms with Crippen LogP contribution in [0.4, 0.5) is 5.69 Å². The molecule has 1 fully saturated rings. The summed E-state index contributed by atoms with van der Waals surface area (Å²) in [6.45, 7) is 2.15. The van der Waals surface area contributed by atoms with Gasteiger partial charge in [-0.2, -0.15) is 5.26 Å². The Bertz CT molecular complexity index is 1360. The van der Waals surface area contributed by atoms with Crippen molar-refractivity contribution >= 4 is 23.4 Å². The van der Waals surface area contributed by atoms with E-state index in [4.69, 9.17) is 14.7 Å². The number of rotatable bonds is 5. The number of aryl methyl sites for hydroxylation is 1. The molecule has 1 unspecified atom stereocenters. The minimum atomic E-state index is -0.975. The first-order valence-electron chi connectivity index (χ1n) is 11.1. The van der Waals surface area contributed by atoms with Crippen molar-refractivity contribution in [2.24, 2.45) is 0 Å². The average Bonchev–Trinajstić information content (AvgIpc) is 3.46. The highest BCUT2D eigenvalue weighted by Crippen LogP contribution is 2.34. The number of imide groups is 1. The van der Waals surface area contributed by atoms with Crippen LogP contribution in [-0.2, 0) is 16.1 Å². The summed E-state index contributed by atoms with van der Waals surface area (Å²) in [4.78, 5) is 42.5. The van der Waals surface area contributed by atoms with E-state index < -0.39 is 17.9 Å². The zero-order chi connectivity index (χ0) is 24.5. The number of hydrogen-bond acceptors (Lipinski definition) is 6. The first-order valence-corrected chi connectivity index (χ1v) is 11.1. The van der Waals surface area contributed by atoms with Crippen LogP contribution in [0.1, 0.15) is 33.5 Å². The highest BCUT2D eigenvalue weighted by molar-refractivity contribution is 6.23. The topological polar surface area (TPSA) is 99.9 Å². The number of carbonyl (C=O) groups is 3. The average molecular weight is 467 g/mol. The first kappa shape index (κ1) is 22.2. The number of fused-ring (bicyclic) bond motifs is 1. The molecule has 0 aromatic heterocycles. The van der Waals surface area contributed by atoms with Gasteiger partial charge in [-0.25, -0.2) is 4.90 Å². The van der Waals surface area contributed by atoms with Crippen LogP contribution in [0.15, 0.2) is 66.7 Å². The van der Waals surface area contributed by atoms with Crippen LogP contribution in [0.3, 0.4) is 0 Å². The molecule has 2 aliphatic rings. The van der Waals surface area contributed by atoms with Gasteiger partial charge in [0.1, 0.15) is 6.04 Å². The quantitative estimate of drug-likeness (QED) is 0.532. The molecule has 174 valence electrons. The van der Waals surface area contributed by atoms with Crippen LogP contribution in [0.5, 0.6) is 11.5 Å². The molecule has 0 saturated carbocycles. The van der Waals surface area contributed by atoms with E-state index in [2.05, 4.69) is 0 Å². The number of hydrogen-bond donors (Lipinski definition) is 0. The minimum absolute atomic E-state index is 0.105. The van der Waals surface area contributed by atoms with Crippen molar-refractivity contribution in [3.8, 4) is 17.6 Å². The van der Waals surface area contributed by atoms with Gasteiger partial charge in [-0.05, 0) is 61.0 Å². The van der Waals surface area contributed by atoms with Crippen LogP contribution >= 0.6 is 0 Å². The maximum absolute atomic E-state index is 13.6. The first-order chi connectivity index (χ1) is 16.9. The number of nitrogens with zero attached hydrogens (tertiary/aromatic N) is 3. The summed E-state index contributed by atoms with van der Waals surface area (Å²) in [6, 6.07) is 19.7. The number of carbonyl (C=O) groups excluding carboxylic acids is 3. The third-order valence-corrected chi connectivity index (χ3v) is 6.10. The van der Waals surface area contributed by atoms with E-state index in [0.29, 0.717) is 28.3 Å². The van der Waals surface area contributed by atoms with Gasteiger partial charge in [-0.15, -0.1) is 0 Å². The van der Waals surface area contributed by atoms with E-state index in [1.54, 1.807) is 48.5 Å². The Morgan fingerprint density at radius 2 is 1.74 bits per heavy atom. The van der Waals surface area contributed by atoms with Crippen LogP contribution < -0.4 is 14.4 Å². The van der Waals surface area contributed by atoms with Gasteiger partial charge in [0.25, 0.3) is 11.8 Å². The van der Waals surface area contributed by atoms with E-state index in [9.17, 15) is 14.4 Å². The smallest absolute Gasteiger partial charge is 0.257 e. The lowest BCUT2D eigenvalue weighted by atomic mass is 10.1. The summed E-state index contributed by atoms with van der Waals surface area (Å²) < 4.78 is 10.8. The molecule has 0 aliphatic carbocycles. The highest BCUT2D eigenvalue weighted by Gasteiger charge is 2.44. The third kappa shape index (κ3) is 4.20. The Labute approximate surface area is 201 Å². The molecule has 0 bridgehead atoms. The van der Waals surface area contributed by atoms with Gasteiger partial charge in [0.2, 0.25) is 12.7 Å². The zero-order valence-corrected chi connectivity index (χ0v) is 18.9. The molecular weight excluding hydrogens is 446 g/mol. The second-order valence-electron chi connectivity index (χ2n) is 8.43. The number of amides is 3. The summed E-state index contributed by atoms with van der Waals surface area (Å²) >= 11 is 0. The molecular formula is C27H21N3O5. The molecule has 8 nitrogen and oxygen atoms in total. The molecule has 35 heavy (non-hydrogen) atoms. The Kier molecular flexibility index (Phi) is 5.67. The van der Waals surface area contributed by atoms with Crippen molar-refractivity contribution in [3.05, 3.63) is 89.0 Å². The monoisotopic (exact) mass is 467 g/mol. The van der Waals surface area contributed by atoms with Crippen molar-refractivity contribution in [1.82, 2.24) is 4.90 Å². The lowest BCUT2D eigenvalue weighted by Crippen LogP contribution is -2.45. The van der Waals surface area contributed by atoms with E-state index in [-0.39, 0.29) is 25.7 Å². The molecule has 5 rings (SSSR count). The van der Waals surface area contributed by atoms with E-state index >= 15 is 0 Å². The van der Waals surface area contributed by atoms with Crippen molar-refractivity contribution in [2.75, 3.05) is 11.7 Å². The number of nitriles is 1. The fourth-order valence-corrected chi connectivity index (χ4v) is 4.24. The molecule has 2 heterocycles. The largest absolute Gasteiger partial charge is 0.454 e. The molecule has 1 saturated heterocycles. The predicted octanol–water partition coefficient (Wildman–Crippen LogP) is 3.57. The Hall–Kier alpha value is -4.64. The molecule has 3 aromatic rings. The molecule has 0 spiro atoms. The molecule has 2 aliphatic heterocycles. The maximum Gasteiger partial charge on any atom is 0.257 e. The van der Waals surface area contributed by atoms with Gasteiger partial charge in [0.15, 0.2) is 11.5 Å². The van der Waals surface area contributed by atoms with Crippen molar-refractivity contribution in [3.63, 3.8) is 0 Å². The van der Waals surface area contributed by atoms with Gasteiger partial charge >= 0.3 is 0 Å². The highest BCUT2D eigenvalue weighted by atomic mass is 16.7. The van der Waals surface area contributed by atoms with Crippen LogP contribution in [0.2, 0.25) is 0 Å². The van der Waals surface area contributed by atoms with Gasteiger partial charge in [-0.3, -0.25) is 14.4 Å². The van der Waals surface area contributed by atoms with E-state index in [1.807, 2.05) is 31.2 Å². The molecule has 8 heteroatoms. The van der Waals surface area contributed by atoms with Crippen molar-refractivity contribution in [2.45, 2.75) is 25.9 Å². The third-order valence-electron chi connectivity index (χ3n) is 6.10. The van der Waals surface area contributed by atoms with Crippen molar-refractivity contribution < 1.29 is 23.9 Å². The zero-order valence-electron chi connectivity index (χ0n) is 18.9. The fraction of sp³-hybridized carbons (Fsp3) is 0.185. The number of ether oxygens (including phenoxy) is 2. The summed E-state index contributed by atoms with van der Waals surface area (Å²) in [7, 11) is 0. The summed E-state index contributed by atoms with van der Waals surface area (Å²) in [5.74, 6) is -0.0592. The Morgan fingerprint density at radius 3 is 2.46 bits per heavy atom. The maximum atomic E-state index is 13.6. The summed E-state index contributed by atoms with van der Waals surface area (Å²) in [6.07, 6.45) is -0.138. The van der Waals surface area contributed by atoms with Gasteiger partial charge in [0, 0.05) is 12.1 Å². The lowest BCUT2D eigenvalue weighted by molar-refractivity contribution is -0.122. The normalized spacial score (nSPS) is 16.3. The lowest BCUT2D eigenvalue weighted by Gasteiger charge is -2.28. The number of anilines is 1. The minimum Gasteiger partial charge on any atom is -0.454 e. The molecule has 3 aromatic carbocycles. The van der Waals surface area contributed by atoms with Gasteiger partial charge in [0.05, 0.1) is 23.7 Å². The SMILES string of the molecule is Cc1ccc(C(=O)N(Cc2ccc3c(c2)OCO3)C2CC(=O)N(c3ccc(C#N)cc3)C2=O)cc1. The van der Waals surface area contributed by atoms with E-state index in [0.717, 1.165) is 16.0 Å². The summed E-state index contributed by atoms with van der Waals surface area (Å²) in [5.41, 5.74) is 2.96. The molecule has 1 atom stereocenters. The van der Waals surface area contributed by atoms with Crippen LogP contribution in [-0.4, -0.2) is 35.5 Å². The molecule has 0 radical (unpaired) electrons. The van der Waals surface area contributed by atoms with Crippen LogP contribution in [0.25, 0.3) is 0 Å². The Morgan fingerprint density at radius 1 is 1.03 bits per heavy atom. The second kappa shape index (κ2) is 8.95. The van der Waals surface area contributed by atoms with Gasteiger partial charge in [-0.1, -0.05) is 23.8 Å².